The molecule has 0 spiro atoms. The third-order valence-corrected chi connectivity index (χ3v) is 13.8. The summed E-state index contributed by atoms with van der Waals surface area (Å²) in [6.45, 7) is 6.51. The minimum atomic E-state index is -0.782. The lowest BCUT2D eigenvalue weighted by atomic mass is 10.1. The predicted octanol–water partition coefficient (Wildman–Crippen LogP) is 22.2. The SMILES string of the molecule is CC/C=C\C/C=C\C/C=C\C/C=C\C/C=C\C/C=C\C/C=C\C/C=C\CCCCCCCCCCCCC(=O)OCC(COC(=O)CCCCCCCCCCCCC)OC(=O)CCCCCCC/C=C\CCCCCC. The minimum Gasteiger partial charge on any atom is -0.462 e. The summed E-state index contributed by atoms with van der Waals surface area (Å²) in [6, 6.07) is 0. The molecule has 440 valence electrons. The lowest BCUT2D eigenvalue weighted by Crippen LogP contribution is -2.30. The van der Waals surface area contributed by atoms with Gasteiger partial charge in [0.2, 0.25) is 0 Å². The number of rotatable bonds is 58. The van der Waals surface area contributed by atoms with Crippen molar-refractivity contribution in [3.05, 3.63) is 109 Å². The van der Waals surface area contributed by atoms with Crippen LogP contribution in [0.5, 0.6) is 0 Å². The number of esters is 3. The maximum absolute atomic E-state index is 12.8. The highest BCUT2D eigenvalue weighted by Crippen LogP contribution is 2.16. The van der Waals surface area contributed by atoms with Gasteiger partial charge in [-0.2, -0.15) is 0 Å². The highest BCUT2D eigenvalue weighted by atomic mass is 16.6. The van der Waals surface area contributed by atoms with Gasteiger partial charge in [-0.25, -0.2) is 0 Å². The molecule has 1 unspecified atom stereocenters. The Kier molecular flexibility index (Phi) is 61.3. The summed E-state index contributed by atoms with van der Waals surface area (Å²) in [7, 11) is 0. The van der Waals surface area contributed by atoms with Crippen molar-refractivity contribution in [3.8, 4) is 0 Å². The lowest BCUT2D eigenvalue weighted by molar-refractivity contribution is -0.167. The molecule has 0 rings (SSSR count). The number of carbonyl (C=O) groups is 3. The molecule has 0 amide bonds. The molecule has 0 radical (unpaired) electrons. The van der Waals surface area contributed by atoms with E-state index in [1.54, 1.807) is 0 Å². The van der Waals surface area contributed by atoms with E-state index in [1.165, 1.54) is 141 Å². The Labute approximate surface area is 476 Å². The van der Waals surface area contributed by atoms with Crippen molar-refractivity contribution in [1.82, 2.24) is 0 Å². The Morgan fingerprint density at radius 2 is 0.506 bits per heavy atom. The predicted molar refractivity (Wildman–Crippen MR) is 334 cm³/mol. The smallest absolute Gasteiger partial charge is 0.306 e. The van der Waals surface area contributed by atoms with Gasteiger partial charge in [0.1, 0.15) is 13.2 Å². The van der Waals surface area contributed by atoms with E-state index in [2.05, 4.69) is 130 Å². The first-order valence-corrected chi connectivity index (χ1v) is 32.4. The fraction of sp³-hybridized carbons (Fsp3) is 0.704. The zero-order chi connectivity index (χ0) is 55.7. The van der Waals surface area contributed by atoms with Gasteiger partial charge in [-0.15, -0.1) is 0 Å². The van der Waals surface area contributed by atoms with Gasteiger partial charge in [-0.05, 0) is 109 Å². The largest absolute Gasteiger partial charge is 0.462 e. The van der Waals surface area contributed by atoms with Gasteiger partial charge < -0.3 is 14.2 Å². The average Bonchev–Trinajstić information content (AvgIpc) is 3.43. The van der Waals surface area contributed by atoms with Crippen molar-refractivity contribution in [2.24, 2.45) is 0 Å². The fourth-order valence-electron chi connectivity index (χ4n) is 8.92. The van der Waals surface area contributed by atoms with Gasteiger partial charge in [0.05, 0.1) is 0 Å². The summed E-state index contributed by atoms with van der Waals surface area (Å²) < 4.78 is 16.9. The third-order valence-electron chi connectivity index (χ3n) is 13.8. The zero-order valence-electron chi connectivity index (χ0n) is 50.4. The van der Waals surface area contributed by atoms with E-state index in [1.807, 2.05) is 0 Å². The normalized spacial score (nSPS) is 12.8. The highest BCUT2D eigenvalue weighted by Gasteiger charge is 2.19. The topological polar surface area (TPSA) is 78.9 Å². The van der Waals surface area contributed by atoms with Crippen molar-refractivity contribution >= 4 is 17.9 Å². The van der Waals surface area contributed by atoms with Crippen molar-refractivity contribution < 1.29 is 28.6 Å². The molecule has 0 aromatic rings. The summed E-state index contributed by atoms with van der Waals surface area (Å²) in [5.41, 5.74) is 0. The second-order valence-electron chi connectivity index (χ2n) is 21.3. The van der Waals surface area contributed by atoms with Crippen LogP contribution in [0.25, 0.3) is 0 Å². The monoisotopic (exact) mass is 1070 g/mol. The summed E-state index contributed by atoms with van der Waals surface area (Å²) in [5.74, 6) is -0.887. The van der Waals surface area contributed by atoms with E-state index in [9.17, 15) is 14.4 Å². The minimum absolute atomic E-state index is 0.0792. The number of ether oxygens (including phenoxy) is 3. The molecule has 77 heavy (non-hydrogen) atoms. The second-order valence-corrected chi connectivity index (χ2v) is 21.3. The van der Waals surface area contributed by atoms with E-state index in [4.69, 9.17) is 14.2 Å². The maximum Gasteiger partial charge on any atom is 0.306 e. The summed E-state index contributed by atoms with van der Waals surface area (Å²) in [6.07, 6.45) is 88.2. The Morgan fingerprint density at radius 3 is 0.818 bits per heavy atom. The maximum atomic E-state index is 12.8. The van der Waals surface area contributed by atoms with E-state index in [0.29, 0.717) is 19.3 Å². The average molecular weight is 1070 g/mol. The molecule has 0 aromatic heterocycles. The number of unbranched alkanes of at least 4 members (excludes halogenated alkanes) is 29. The summed E-state index contributed by atoms with van der Waals surface area (Å²) >= 11 is 0. The molecule has 0 heterocycles. The number of hydrogen-bond donors (Lipinski definition) is 0. The van der Waals surface area contributed by atoms with Crippen LogP contribution in [0.3, 0.4) is 0 Å². The zero-order valence-corrected chi connectivity index (χ0v) is 50.4. The highest BCUT2D eigenvalue weighted by molar-refractivity contribution is 5.71. The van der Waals surface area contributed by atoms with Gasteiger partial charge in [0.15, 0.2) is 6.10 Å². The van der Waals surface area contributed by atoms with E-state index in [-0.39, 0.29) is 31.1 Å². The van der Waals surface area contributed by atoms with Gasteiger partial charge in [-0.3, -0.25) is 14.4 Å². The van der Waals surface area contributed by atoms with E-state index >= 15 is 0 Å². The Bertz CT molecular complexity index is 1560. The van der Waals surface area contributed by atoms with Crippen LogP contribution in [-0.2, 0) is 28.6 Å². The van der Waals surface area contributed by atoms with Gasteiger partial charge in [0.25, 0.3) is 0 Å². The molecular formula is C71H120O6. The number of hydrogen-bond acceptors (Lipinski definition) is 6. The van der Waals surface area contributed by atoms with E-state index < -0.39 is 6.10 Å². The van der Waals surface area contributed by atoms with Crippen molar-refractivity contribution in [2.45, 2.75) is 309 Å². The van der Waals surface area contributed by atoms with Crippen LogP contribution in [0.15, 0.2) is 109 Å². The molecule has 0 N–H and O–H groups in total. The molecule has 0 aliphatic rings. The van der Waals surface area contributed by atoms with Crippen molar-refractivity contribution in [3.63, 3.8) is 0 Å². The Hall–Kier alpha value is -3.93. The quantitative estimate of drug-likeness (QED) is 0.0261. The van der Waals surface area contributed by atoms with Gasteiger partial charge in [0, 0.05) is 19.3 Å². The van der Waals surface area contributed by atoms with Crippen LogP contribution in [0, 0.1) is 0 Å². The molecule has 1 atom stereocenters. The van der Waals surface area contributed by atoms with Crippen LogP contribution in [0.1, 0.15) is 303 Å². The first-order chi connectivity index (χ1) is 38.0. The first kappa shape index (κ1) is 73.1. The lowest BCUT2D eigenvalue weighted by Gasteiger charge is -2.18. The first-order valence-electron chi connectivity index (χ1n) is 32.4. The van der Waals surface area contributed by atoms with E-state index in [0.717, 1.165) is 122 Å². The second kappa shape index (κ2) is 64.6. The molecule has 0 saturated carbocycles. The molecule has 0 fully saturated rings. The number of allylic oxidation sites excluding steroid dienone is 18. The van der Waals surface area contributed by atoms with Crippen molar-refractivity contribution in [1.29, 1.82) is 0 Å². The standard InChI is InChI=1S/C71H120O6/c1-4-7-10-13-16-19-22-24-25-26-27-28-29-30-31-32-33-34-35-36-37-38-39-40-41-42-43-44-45-47-49-52-55-58-61-64-70(73)76-67-68(66-75-69(72)63-60-57-54-51-48-21-18-15-12-9-6-3)77-71(74)65-62-59-56-53-50-46-23-20-17-14-11-8-5-2/h7,10,16,19-20,23-25,27-28,30-31,33-34,36-37,39-40,68H,4-6,8-9,11-15,17-18,21-22,26,29,32,35,38,41-67H2,1-3H3/b10-7-,19-16-,23-20-,25-24-,28-27-,31-30-,34-33-,37-36-,40-39-. The van der Waals surface area contributed by atoms with Gasteiger partial charge in [-0.1, -0.05) is 284 Å². The van der Waals surface area contributed by atoms with Gasteiger partial charge >= 0.3 is 17.9 Å². The molecular weight excluding hydrogens is 949 g/mol. The van der Waals surface area contributed by atoms with Crippen LogP contribution in [0.4, 0.5) is 0 Å². The van der Waals surface area contributed by atoms with Crippen molar-refractivity contribution in [2.75, 3.05) is 13.2 Å². The summed E-state index contributed by atoms with van der Waals surface area (Å²) in [5, 5.41) is 0. The molecule has 6 nitrogen and oxygen atoms in total. The van der Waals surface area contributed by atoms with Crippen LogP contribution in [0.2, 0.25) is 0 Å². The molecule has 0 aromatic carbocycles. The van der Waals surface area contributed by atoms with Crippen LogP contribution in [-0.4, -0.2) is 37.2 Å². The summed E-state index contributed by atoms with van der Waals surface area (Å²) in [4.78, 5) is 38.2. The molecule has 0 aliphatic heterocycles. The third kappa shape index (κ3) is 62.8. The fourth-order valence-corrected chi connectivity index (χ4v) is 8.92. The van der Waals surface area contributed by atoms with Crippen LogP contribution >= 0.6 is 0 Å². The van der Waals surface area contributed by atoms with Crippen LogP contribution < -0.4 is 0 Å². The Morgan fingerprint density at radius 1 is 0.273 bits per heavy atom. The number of carbonyl (C=O) groups excluding carboxylic acids is 3. The molecule has 0 saturated heterocycles. The molecule has 6 heteroatoms. The Balaban J connectivity index is 4.15. The molecule has 0 aliphatic carbocycles. The molecule has 0 bridgehead atoms.